The van der Waals surface area contributed by atoms with E-state index >= 15 is 0 Å². The molecule has 2 rings (SSSR count). The lowest BCUT2D eigenvalue weighted by molar-refractivity contribution is -0.130. The van der Waals surface area contributed by atoms with Crippen molar-refractivity contribution in [3.63, 3.8) is 0 Å². The van der Waals surface area contributed by atoms with Gasteiger partial charge in [-0.25, -0.2) is 0 Å². The Balaban J connectivity index is 1.97. The van der Waals surface area contributed by atoms with E-state index in [-0.39, 0.29) is 5.91 Å². The van der Waals surface area contributed by atoms with Crippen molar-refractivity contribution < 1.29 is 4.79 Å². The number of aryl methyl sites for hydroxylation is 2. The van der Waals surface area contributed by atoms with Crippen LogP contribution in [0.25, 0.3) is 0 Å². The van der Waals surface area contributed by atoms with Gasteiger partial charge >= 0.3 is 0 Å². The third-order valence-electron chi connectivity index (χ3n) is 5.50. The highest BCUT2D eigenvalue weighted by Gasteiger charge is 2.35. The van der Waals surface area contributed by atoms with Gasteiger partial charge in [0.1, 0.15) is 0 Å². The predicted octanol–water partition coefficient (Wildman–Crippen LogP) is 2.14. The van der Waals surface area contributed by atoms with Crippen LogP contribution in [0.3, 0.4) is 0 Å². The van der Waals surface area contributed by atoms with Crippen molar-refractivity contribution in [1.82, 2.24) is 19.6 Å². The summed E-state index contributed by atoms with van der Waals surface area (Å²) >= 11 is 0. The van der Waals surface area contributed by atoms with Gasteiger partial charge in [-0.05, 0) is 45.8 Å². The first kappa shape index (κ1) is 19.5. The molecule has 0 saturated carbocycles. The van der Waals surface area contributed by atoms with Gasteiger partial charge in [-0.15, -0.1) is 0 Å². The summed E-state index contributed by atoms with van der Waals surface area (Å²) in [6.07, 6.45) is 2.82. The number of carbonyl (C=O) groups excluding carboxylic acids is 1. The van der Waals surface area contributed by atoms with Crippen LogP contribution in [0.1, 0.15) is 43.1 Å². The summed E-state index contributed by atoms with van der Waals surface area (Å²) in [6.45, 7) is 8.55. The van der Waals surface area contributed by atoms with Crippen LogP contribution in [0.15, 0.2) is 0 Å². The Labute approximate surface area is 151 Å². The van der Waals surface area contributed by atoms with Gasteiger partial charge in [-0.2, -0.15) is 10.4 Å². The zero-order valence-corrected chi connectivity index (χ0v) is 16.2. The number of likely N-dealkylation sites (tertiary alicyclic amines) is 1. The van der Waals surface area contributed by atoms with Crippen LogP contribution in [0.4, 0.5) is 0 Å². The van der Waals surface area contributed by atoms with E-state index in [2.05, 4.69) is 37.1 Å². The van der Waals surface area contributed by atoms with E-state index in [0.717, 1.165) is 42.9 Å². The Morgan fingerprint density at radius 1 is 1.36 bits per heavy atom. The summed E-state index contributed by atoms with van der Waals surface area (Å²) in [5, 5.41) is 13.3. The van der Waals surface area contributed by atoms with Crippen LogP contribution >= 0.6 is 0 Å². The minimum absolute atomic E-state index is 0.242. The van der Waals surface area contributed by atoms with Gasteiger partial charge in [0.25, 0.3) is 0 Å². The second kappa shape index (κ2) is 8.48. The lowest BCUT2D eigenvalue weighted by atomic mass is 10.0. The molecule has 0 aliphatic carbocycles. The van der Waals surface area contributed by atoms with E-state index in [9.17, 15) is 4.79 Å². The molecule has 2 heterocycles. The first-order valence-corrected chi connectivity index (χ1v) is 9.23. The van der Waals surface area contributed by atoms with E-state index in [1.54, 1.807) is 0 Å². The summed E-state index contributed by atoms with van der Waals surface area (Å²) in [5.74, 6) is 0.808. The molecule has 2 unspecified atom stereocenters. The molecule has 1 fully saturated rings. The summed E-state index contributed by atoms with van der Waals surface area (Å²) < 4.78 is 1.89. The number of likely N-dealkylation sites (N-methyl/N-ethyl adjacent to an activating group) is 1. The normalized spacial score (nSPS) is 20.3. The Bertz CT molecular complexity index is 643. The number of hydrogen-bond donors (Lipinski definition) is 0. The number of carbonyl (C=O) groups is 1. The third-order valence-corrected chi connectivity index (χ3v) is 5.50. The van der Waals surface area contributed by atoms with Gasteiger partial charge in [0.2, 0.25) is 5.91 Å². The van der Waals surface area contributed by atoms with Gasteiger partial charge in [-0.3, -0.25) is 9.48 Å². The van der Waals surface area contributed by atoms with Crippen LogP contribution in [0.2, 0.25) is 0 Å². The van der Waals surface area contributed by atoms with E-state index in [4.69, 9.17) is 5.26 Å². The van der Waals surface area contributed by atoms with Crippen molar-refractivity contribution in [1.29, 1.82) is 5.26 Å². The minimum Gasteiger partial charge on any atom is -0.341 e. The van der Waals surface area contributed by atoms with Gasteiger partial charge < -0.3 is 9.80 Å². The molecule has 0 bridgehead atoms. The Kier molecular flexibility index (Phi) is 6.60. The maximum absolute atomic E-state index is 12.7. The average Bonchev–Trinajstić information content (AvgIpc) is 3.13. The molecule has 1 aliphatic rings. The average molecular weight is 345 g/mol. The quantitative estimate of drug-likeness (QED) is 0.759. The second-order valence-electron chi connectivity index (χ2n) is 7.28. The molecule has 6 heteroatoms. The third kappa shape index (κ3) is 4.40. The summed E-state index contributed by atoms with van der Waals surface area (Å²) in [5.41, 5.74) is 3.21. The number of rotatable bonds is 7. The summed E-state index contributed by atoms with van der Waals surface area (Å²) in [4.78, 5) is 17.0. The lowest BCUT2D eigenvalue weighted by Gasteiger charge is -2.23. The molecular formula is C19H31N5O. The fourth-order valence-electron chi connectivity index (χ4n) is 3.90. The highest BCUT2D eigenvalue weighted by atomic mass is 16.2. The Morgan fingerprint density at radius 2 is 2.08 bits per heavy atom. The monoisotopic (exact) mass is 345 g/mol. The van der Waals surface area contributed by atoms with Crippen LogP contribution in [0.5, 0.6) is 0 Å². The van der Waals surface area contributed by atoms with E-state index < -0.39 is 0 Å². The van der Waals surface area contributed by atoms with Crippen molar-refractivity contribution in [3.8, 4) is 6.07 Å². The number of aromatic nitrogens is 2. The molecule has 1 amide bonds. The molecule has 1 aromatic heterocycles. The zero-order chi connectivity index (χ0) is 18.6. The SMILES string of the molecule is CCC1CN(C(=O)CCc2c(C)nn(CCC#N)c2C)CC1N(C)C. The molecule has 0 aromatic carbocycles. The van der Waals surface area contributed by atoms with Crippen molar-refractivity contribution >= 4 is 5.91 Å². The van der Waals surface area contributed by atoms with Crippen molar-refractivity contribution in [2.45, 2.75) is 59.0 Å². The number of hydrogen-bond acceptors (Lipinski definition) is 4. The van der Waals surface area contributed by atoms with Crippen LogP contribution in [0, 0.1) is 31.1 Å². The first-order chi connectivity index (χ1) is 11.9. The standard InChI is InChI=1S/C19H31N5O/c1-6-16-12-23(13-18(16)22(4)5)19(25)9-8-17-14(2)21-24(15(17)3)11-7-10-20/h16,18H,6-9,11-13H2,1-5H3. The van der Waals surface area contributed by atoms with E-state index in [0.29, 0.717) is 31.3 Å². The molecular weight excluding hydrogens is 314 g/mol. The zero-order valence-electron chi connectivity index (χ0n) is 16.2. The van der Waals surface area contributed by atoms with Gasteiger partial charge in [-0.1, -0.05) is 13.3 Å². The van der Waals surface area contributed by atoms with Gasteiger partial charge in [0.05, 0.1) is 24.7 Å². The van der Waals surface area contributed by atoms with Gasteiger partial charge in [0.15, 0.2) is 0 Å². The van der Waals surface area contributed by atoms with Crippen LogP contribution in [-0.2, 0) is 17.8 Å². The number of amides is 1. The highest BCUT2D eigenvalue weighted by molar-refractivity contribution is 5.77. The molecule has 1 saturated heterocycles. The Morgan fingerprint density at radius 3 is 2.64 bits per heavy atom. The fourth-order valence-corrected chi connectivity index (χ4v) is 3.90. The molecule has 25 heavy (non-hydrogen) atoms. The molecule has 1 aliphatic heterocycles. The molecule has 2 atom stereocenters. The second-order valence-corrected chi connectivity index (χ2v) is 7.28. The van der Waals surface area contributed by atoms with Crippen molar-refractivity contribution in [2.24, 2.45) is 5.92 Å². The lowest BCUT2D eigenvalue weighted by Crippen LogP contribution is -2.36. The van der Waals surface area contributed by atoms with Crippen LogP contribution < -0.4 is 0 Å². The molecule has 0 N–H and O–H groups in total. The van der Waals surface area contributed by atoms with E-state index in [1.165, 1.54) is 0 Å². The maximum atomic E-state index is 12.7. The van der Waals surface area contributed by atoms with Crippen LogP contribution in [-0.4, -0.2) is 58.7 Å². The maximum Gasteiger partial charge on any atom is 0.222 e. The smallest absolute Gasteiger partial charge is 0.222 e. The molecule has 138 valence electrons. The predicted molar refractivity (Wildman–Crippen MR) is 98.1 cm³/mol. The summed E-state index contributed by atoms with van der Waals surface area (Å²) in [7, 11) is 4.20. The first-order valence-electron chi connectivity index (χ1n) is 9.23. The topological polar surface area (TPSA) is 65.2 Å². The van der Waals surface area contributed by atoms with Crippen molar-refractivity contribution in [3.05, 3.63) is 17.0 Å². The van der Waals surface area contributed by atoms with Gasteiger partial charge in [0, 0.05) is 31.2 Å². The van der Waals surface area contributed by atoms with Crippen molar-refractivity contribution in [2.75, 3.05) is 27.2 Å². The van der Waals surface area contributed by atoms with E-state index in [1.807, 2.05) is 23.4 Å². The molecule has 0 radical (unpaired) electrons. The molecule has 1 aromatic rings. The fraction of sp³-hybridized carbons (Fsp3) is 0.737. The minimum atomic E-state index is 0.242. The Hall–Kier alpha value is -1.87. The summed E-state index contributed by atoms with van der Waals surface area (Å²) in [6, 6.07) is 2.62. The molecule has 6 nitrogen and oxygen atoms in total. The molecule has 0 spiro atoms. The largest absolute Gasteiger partial charge is 0.341 e. The highest BCUT2D eigenvalue weighted by Crippen LogP contribution is 2.24. The number of nitrogens with zero attached hydrogens (tertiary/aromatic N) is 5. The number of nitriles is 1.